The molecule has 1 saturated carbocycles. The van der Waals surface area contributed by atoms with Gasteiger partial charge in [0, 0.05) is 13.0 Å². The lowest BCUT2D eigenvalue weighted by Crippen LogP contribution is -2.35. The van der Waals surface area contributed by atoms with Crippen molar-refractivity contribution in [3.8, 4) is 22.4 Å². The normalized spacial score (nSPS) is 16.7. The lowest BCUT2D eigenvalue weighted by molar-refractivity contribution is -0.665. The number of hydrogen-bond acceptors (Lipinski definition) is 0. The molecule has 0 bridgehead atoms. The molecule has 33 heavy (non-hydrogen) atoms. The van der Waals surface area contributed by atoms with Crippen LogP contribution in [0.1, 0.15) is 63.6 Å². The summed E-state index contributed by atoms with van der Waals surface area (Å²) in [4.78, 5) is 0. The molecule has 0 amide bonds. The fourth-order valence-corrected chi connectivity index (χ4v) is 5.50. The molecule has 1 aliphatic carbocycles. The zero-order valence-electron chi connectivity index (χ0n) is 21.7. The largest absolute Gasteiger partial charge is 0.220 e. The van der Waals surface area contributed by atoms with Gasteiger partial charge in [-0.25, -0.2) is 0 Å². The Balaban J connectivity index is 1.67. The smallest absolute Gasteiger partial charge is 0.198 e. The van der Waals surface area contributed by atoms with Crippen LogP contribution in [0.25, 0.3) is 33.2 Å². The van der Waals surface area contributed by atoms with Gasteiger partial charge in [-0.05, 0) is 83.7 Å². The lowest BCUT2D eigenvalue weighted by atomic mass is 9.71. The predicted molar refractivity (Wildman–Crippen MR) is 140 cm³/mol. The first-order chi connectivity index (χ1) is 16.2. The van der Waals surface area contributed by atoms with Crippen molar-refractivity contribution in [2.45, 2.75) is 59.3 Å². The SMILES string of the molecule is [2H]c1c(C)[n+](C)c(-c2cc(-c3ccccc3)ccc2C)c2ccc(C3CCC(C)(C)CC3)cc12. The molecular formula is C32H36N+. The van der Waals surface area contributed by atoms with Gasteiger partial charge in [0.1, 0.15) is 7.05 Å². The van der Waals surface area contributed by atoms with E-state index in [0.29, 0.717) is 17.4 Å². The summed E-state index contributed by atoms with van der Waals surface area (Å²) in [6, 6.07) is 24.9. The van der Waals surface area contributed by atoms with E-state index in [0.717, 1.165) is 11.1 Å². The minimum Gasteiger partial charge on any atom is -0.198 e. The number of hydrogen-bond donors (Lipinski definition) is 0. The molecule has 0 N–H and O–H groups in total. The maximum absolute atomic E-state index is 8.97. The number of pyridine rings is 1. The number of benzene rings is 3. The number of rotatable bonds is 3. The molecular weight excluding hydrogens is 398 g/mol. The molecule has 0 spiro atoms. The second kappa shape index (κ2) is 8.45. The van der Waals surface area contributed by atoms with Crippen LogP contribution in [0.4, 0.5) is 0 Å². The third-order valence-corrected chi connectivity index (χ3v) is 7.86. The van der Waals surface area contributed by atoms with Crippen LogP contribution in [-0.4, -0.2) is 0 Å². The average Bonchev–Trinajstić information content (AvgIpc) is 2.84. The Morgan fingerprint density at radius 1 is 0.879 bits per heavy atom. The zero-order valence-corrected chi connectivity index (χ0v) is 20.7. The average molecular weight is 436 g/mol. The minimum absolute atomic E-state index is 0.465. The topological polar surface area (TPSA) is 3.88 Å². The second-order valence-electron chi connectivity index (χ2n) is 10.8. The summed E-state index contributed by atoms with van der Waals surface area (Å²) < 4.78 is 11.2. The van der Waals surface area contributed by atoms with Crippen LogP contribution in [-0.2, 0) is 7.05 Å². The molecule has 168 valence electrons. The number of nitrogens with zero attached hydrogens (tertiary/aromatic N) is 1. The molecule has 0 aliphatic heterocycles. The number of fused-ring (bicyclic) bond motifs is 1. The highest BCUT2D eigenvalue weighted by molar-refractivity contribution is 5.95. The van der Waals surface area contributed by atoms with Crippen LogP contribution in [0.15, 0.2) is 72.8 Å². The molecule has 4 aromatic rings. The molecule has 0 atom stereocenters. The number of aryl methyl sites for hydroxylation is 1. The Bertz CT molecular complexity index is 1360. The van der Waals surface area contributed by atoms with Gasteiger partial charge in [0.15, 0.2) is 5.69 Å². The van der Waals surface area contributed by atoms with Crippen molar-refractivity contribution >= 4 is 10.8 Å². The summed E-state index contributed by atoms with van der Waals surface area (Å²) >= 11 is 0. The van der Waals surface area contributed by atoms with Crippen molar-refractivity contribution in [2.24, 2.45) is 12.5 Å². The van der Waals surface area contributed by atoms with Gasteiger partial charge in [0.2, 0.25) is 5.69 Å². The Hall–Kier alpha value is -2.93. The Labute approximate surface area is 200 Å². The quantitative estimate of drug-likeness (QED) is 0.285. The zero-order chi connectivity index (χ0) is 24.0. The van der Waals surface area contributed by atoms with Gasteiger partial charge in [-0.2, -0.15) is 4.57 Å². The van der Waals surface area contributed by atoms with E-state index < -0.39 is 0 Å². The highest BCUT2D eigenvalue weighted by Crippen LogP contribution is 2.43. The summed E-state index contributed by atoms with van der Waals surface area (Å²) in [6.45, 7) is 9.07. The van der Waals surface area contributed by atoms with Gasteiger partial charge in [0.25, 0.3) is 0 Å². The van der Waals surface area contributed by atoms with Gasteiger partial charge in [-0.3, -0.25) is 0 Å². The maximum Gasteiger partial charge on any atom is 0.220 e. The molecule has 1 aliphatic rings. The first-order valence-corrected chi connectivity index (χ1v) is 12.3. The van der Waals surface area contributed by atoms with Crippen molar-refractivity contribution in [3.05, 3.63) is 89.6 Å². The highest BCUT2D eigenvalue weighted by Gasteiger charge is 2.28. The van der Waals surface area contributed by atoms with Crippen LogP contribution >= 0.6 is 0 Å². The molecule has 0 radical (unpaired) electrons. The van der Waals surface area contributed by atoms with Crippen LogP contribution in [0.5, 0.6) is 0 Å². The highest BCUT2D eigenvalue weighted by atomic mass is 14.9. The standard InChI is InChI=1S/C32H36N/c1-22-11-12-27(24-9-7-6-8-10-24)21-30(22)31-29-14-13-26(20-28(29)19-23(2)33(31)5)25-15-17-32(3,4)18-16-25/h6-14,19-21,25H,15-18H2,1-5H3/q+1/i19D. The lowest BCUT2D eigenvalue weighted by Gasteiger charge is -2.34. The van der Waals surface area contributed by atoms with Crippen LogP contribution < -0.4 is 4.57 Å². The van der Waals surface area contributed by atoms with Crippen molar-refractivity contribution < 1.29 is 5.94 Å². The molecule has 1 heterocycles. The Kier molecular flexibility index (Phi) is 5.29. The summed E-state index contributed by atoms with van der Waals surface area (Å²) in [7, 11) is 2.11. The molecule has 5 rings (SSSR count). The Morgan fingerprint density at radius 2 is 1.61 bits per heavy atom. The molecule has 1 fully saturated rings. The molecule has 1 heteroatoms. The summed E-state index contributed by atoms with van der Waals surface area (Å²) in [5.41, 5.74) is 9.04. The van der Waals surface area contributed by atoms with Gasteiger partial charge >= 0.3 is 0 Å². The van der Waals surface area contributed by atoms with Crippen molar-refractivity contribution in [2.75, 3.05) is 0 Å². The van der Waals surface area contributed by atoms with Crippen molar-refractivity contribution in [1.82, 2.24) is 0 Å². The van der Waals surface area contributed by atoms with E-state index in [1.165, 1.54) is 64.6 Å². The maximum atomic E-state index is 8.97. The van der Waals surface area contributed by atoms with Crippen LogP contribution in [0, 0.1) is 19.3 Å². The summed E-state index contributed by atoms with van der Waals surface area (Å²) in [6.07, 6.45) is 5.05. The third kappa shape index (κ3) is 4.22. The fraction of sp³-hybridized carbons (Fsp3) is 0.344. The Morgan fingerprint density at radius 3 is 2.33 bits per heavy atom. The fourth-order valence-electron chi connectivity index (χ4n) is 5.50. The summed E-state index contributed by atoms with van der Waals surface area (Å²) in [5.74, 6) is 0.609. The molecule has 0 unspecified atom stereocenters. The molecule has 1 nitrogen and oxygen atoms in total. The van der Waals surface area contributed by atoms with Gasteiger partial charge < -0.3 is 0 Å². The van der Waals surface area contributed by atoms with E-state index in [1.54, 1.807) is 0 Å². The van der Waals surface area contributed by atoms with E-state index in [1.807, 2.05) is 0 Å². The third-order valence-electron chi connectivity index (χ3n) is 7.86. The van der Waals surface area contributed by atoms with Gasteiger partial charge in [-0.1, -0.05) is 68.4 Å². The molecule has 3 aromatic carbocycles. The van der Waals surface area contributed by atoms with E-state index in [2.05, 4.69) is 106 Å². The van der Waals surface area contributed by atoms with E-state index in [9.17, 15) is 0 Å². The number of aromatic nitrogens is 1. The van der Waals surface area contributed by atoms with E-state index in [-0.39, 0.29) is 0 Å². The molecule has 0 saturated heterocycles. The van der Waals surface area contributed by atoms with Crippen LogP contribution in [0.3, 0.4) is 0 Å². The van der Waals surface area contributed by atoms with Gasteiger partial charge in [-0.15, -0.1) is 0 Å². The first kappa shape index (κ1) is 20.7. The minimum atomic E-state index is 0.465. The van der Waals surface area contributed by atoms with Gasteiger partial charge in [0.05, 0.1) is 12.3 Å². The molecule has 1 aromatic heterocycles. The van der Waals surface area contributed by atoms with E-state index >= 15 is 0 Å². The van der Waals surface area contributed by atoms with Crippen molar-refractivity contribution in [1.29, 1.82) is 0 Å². The first-order valence-electron chi connectivity index (χ1n) is 12.8. The van der Waals surface area contributed by atoms with Crippen LogP contribution in [0.2, 0.25) is 0 Å². The predicted octanol–water partition coefficient (Wildman–Crippen LogP) is 8.30. The second-order valence-corrected chi connectivity index (χ2v) is 10.8. The summed E-state index contributed by atoms with van der Waals surface area (Å²) in [5, 5.41) is 2.25. The van der Waals surface area contributed by atoms with Crippen molar-refractivity contribution in [3.63, 3.8) is 0 Å². The monoisotopic (exact) mass is 435 g/mol. The van der Waals surface area contributed by atoms with E-state index in [4.69, 9.17) is 1.37 Å².